The molecular formula is C29H34N6O7. The number of aromatic amines is 1. The number of benzene rings is 2. The molecule has 0 spiro atoms. The molecule has 2 heterocycles. The summed E-state index contributed by atoms with van der Waals surface area (Å²) in [4.78, 5) is 66.6. The topological polar surface area (TPSA) is 216 Å². The van der Waals surface area contributed by atoms with Crippen molar-refractivity contribution >= 4 is 40.5 Å². The molecule has 42 heavy (non-hydrogen) atoms. The van der Waals surface area contributed by atoms with Gasteiger partial charge in [0.2, 0.25) is 23.6 Å². The third kappa shape index (κ3) is 7.85. The number of nitrogens with two attached hydrogens (primary N) is 1. The second kappa shape index (κ2) is 13.6. The molecule has 0 bridgehead atoms. The Morgan fingerprint density at radius 1 is 0.905 bits per heavy atom. The molecule has 4 amide bonds. The summed E-state index contributed by atoms with van der Waals surface area (Å²) in [5.74, 6) is -4.27. The molecule has 1 aliphatic rings. The minimum absolute atomic E-state index is 0.00288. The van der Waals surface area contributed by atoms with E-state index in [2.05, 4.69) is 26.3 Å². The molecule has 222 valence electrons. The first-order chi connectivity index (χ1) is 20.1. The van der Waals surface area contributed by atoms with Gasteiger partial charge in [-0.15, -0.1) is 0 Å². The minimum Gasteiger partial charge on any atom is -0.508 e. The second-order valence-corrected chi connectivity index (χ2v) is 10.3. The Kier molecular flexibility index (Phi) is 9.76. The van der Waals surface area contributed by atoms with Gasteiger partial charge in [-0.2, -0.15) is 0 Å². The summed E-state index contributed by atoms with van der Waals surface area (Å²) in [6.45, 7) is 0.674. The van der Waals surface area contributed by atoms with Crippen LogP contribution >= 0.6 is 0 Å². The van der Waals surface area contributed by atoms with Crippen molar-refractivity contribution < 1.29 is 34.2 Å². The Morgan fingerprint density at radius 3 is 2.26 bits per heavy atom. The largest absolute Gasteiger partial charge is 0.508 e. The zero-order valence-corrected chi connectivity index (χ0v) is 22.8. The predicted molar refractivity (Wildman–Crippen MR) is 152 cm³/mol. The van der Waals surface area contributed by atoms with Crippen LogP contribution in [0.1, 0.15) is 30.4 Å². The monoisotopic (exact) mass is 578 g/mol. The van der Waals surface area contributed by atoms with Gasteiger partial charge in [0.1, 0.15) is 23.9 Å². The highest BCUT2D eigenvalue weighted by atomic mass is 16.4. The SMILES string of the molecule is NC(=O)CC(NC(=O)C(Cc1c[nH]c2ccccc12)NC(=O)C1CCCN1)C(=O)NC(Cc1ccc(O)cc1)C(=O)O. The number of H-pyrrole nitrogens is 1. The number of carboxylic acid groups (broad SMARTS) is 1. The highest BCUT2D eigenvalue weighted by molar-refractivity contribution is 5.96. The summed E-state index contributed by atoms with van der Waals surface area (Å²) in [5, 5.41) is 30.7. The Hall–Kier alpha value is -4.91. The van der Waals surface area contributed by atoms with Crippen LogP contribution in [-0.4, -0.2) is 75.5 Å². The van der Waals surface area contributed by atoms with Crippen molar-refractivity contribution in [1.29, 1.82) is 0 Å². The number of aromatic hydroxyl groups is 1. The van der Waals surface area contributed by atoms with E-state index in [1.165, 1.54) is 24.3 Å². The van der Waals surface area contributed by atoms with Gasteiger partial charge in [0, 0.05) is 29.9 Å². The van der Waals surface area contributed by atoms with Gasteiger partial charge < -0.3 is 42.2 Å². The van der Waals surface area contributed by atoms with Gasteiger partial charge in [-0.3, -0.25) is 19.2 Å². The molecule has 0 radical (unpaired) electrons. The molecule has 3 aromatic rings. The number of phenolic OH excluding ortho intramolecular Hbond substituents is 1. The van der Waals surface area contributed by atoms with Crippen LogP contribution < -0.4 is 27.0 Å². The van der Waals surface area contributed by atoms with Crippen LogP contribution in [-0.2, 0) is 36.8 Å². The molecule has 4 rings (SSSR count). The van der Waals surface area contributed by atoms with E-state index in [1.807, 2.05) is 24.3 Å². The number of hydrogen-bond acceptors (Lipinski definition) is 7. The zero-order valence-electron chi connectivity index (χ0n) is 22.8. The average molecular weight is 579 g/mol. The first kappa shape index (κ1) is 30.1. The van der Waals surface area contributed by atoms with Crippen LogP contribution in [0.25, 0.3) is 10.9 Å². The normalized spacial score (nSPS) is 16.7. The number of amides is 4. The maximum atomic E-state index is 13.6. The van der Waals surface area contributed by atoms with Crippen molar-refractivity contribution in [2.45, 2.75) is 56.3 Å². The average Bonchev–Trinajstić information content (AvgIpc) is 3.63. The fraction of sp³-hybridized carbons (Fsp3) is 0.345. The number of carboxylic acids is 1. The van der Waals surface area contributed by atoms with Gasteiger partial charge in [0.15, 0.2) is 0 Å². The van der Waals surface area contributed by atoms with Gasteiger partial charge in [0.25, 0.3) is 0 Å². The lowest BCUT2D eigenvalue weighted by atomic mass is 10.0. The third-order valence-corrected chi connectivity index (χ3v) is 7.14. The minimum atomic E-state index is -1.50. The molecule has 2 aromatic carbocycles. The van der Waals surface area contributed by atoms with Crippen molar-refractivity contribution in [3.63, 3.8) is 0 Å². The molecule has 4 unspecified atom stereocenters. The molecule has 0 saturated carbocycles. The summed E-state index contributed by atoms with van der Waals surface area (Å²) in [6.07, 6.45) is 2.52. The van der Waals surface area contributed by atoms with E-state index < -0.39 is 54.3 Å². The Bertz CT molecular complexity index is 1450. The van der Waals surface area contributed by atoms with Gasteiger partial charge in [-0.05, 0) is 48.7 Å². The first-order valence-electron chi connectivity index (χ1n) is 13.6. The summed E-state index contributed by atoms with van der Waals surface area (Å²) in [7, 11) is 0. The van der Waals surface area contributed by atoms with E-state index >= 15 is 0 Å². The zero-order chi connectivity index (χ0) is 30.2. The van der Waals surface area contributed by atoms with Gasteiger partial charge in [-0.25, -0.2) is 4.79 Å². The van der Waals surface area contributed by atoms with Crippen molar-refractivity contribution in [1.82, 2.24) is 26.3 Å². The molecule has 9 N–H and O–H groups in total. The fourth-order valence-electron chi connectivity index (χ4n) is 4.93. The number of carbonyl (C=O) groups excluding carboxylic acids is 4. The van der Waals surface area contributed by atoms with E-state index in [4.69, 9.17) is 5.73 Å². The highest BCUT2D eigenvalue weighted by Gasteiger charge is 2.32. The van der Waals surface area contributed by atoms with Gasteiger partial charge in [0.05, 0.1) is 12.5 Å². The number of aliphatic carboxylic acids is 1. The summed E-state index contributed by atoms with van der Waals surface area (Å²) in [5.41, 5.74) is 7.47. The van der Waals surface area contributed by atoms with Crippen molar-refractivity contribution in [3.8, 4) is 5.75 Å². The molecule has 1 saturated heterocycles. The number of phenols is 1. The van der Waals surface area contributed by atoms with E-state index in [1.54, 1.807) is 6.20 Å². The molecule has 0 aliphatic carbocycles. The number of carbonyl (C=O) groups is 5. The molecule has 1 aliphatic heterocycles. The number of primary amides is 1. The number of rotatable bonds is 13. The lowest BCUT2D eigenvalue weighted by molar-refractivity contribution is -0.142. The van der Waals surface area contributed by atoms with Crippen LogP contribution in [0.4, 0.5) is 0 Å². The molecular weight excluding hydrogens is 544 g/mol. The fourth-order valence-corrected chi connectivity index (χ4v) is 4.93. The number of aromatic nitrogens is 1. The second-order valence-electron chi connectivity index (χ2n) is 10.3. The Morgan fingerprint density at radius 2 is 1.60 bits per heavy atom. The smallest absolute Gasteiger partial charge is 0.326 e. The highest BCUT2D eigenvalue weighted by Crippen LogP contribution is 2.20. The Balaban J connectivity index is 1.52. The predicted octanol–water partition coefficient (Wildman–Crippen LogP) is -0.175. The van der Waals surface area contributed by atoms with Crippen LogP contribution in [0.2, 0.25) is 0 Å². The maximum absolute atomic E-state index is 13.6. The summed E-state index contributed by atoms with van der Waals surface area (Å²) < 4.78 is 0. The summed E-state index contributed by atoms with van der Waals surface area (Å²) in [6, 6.07) is 8.77. The number of hydrogen-bond donors (Lipinski definition) is 8. The summed E-state index contributed by atoms with van der Waals surface area (Å²) >= 11 is 0. The van der Waals surface area contributed by atoms with E-state index in [-0.39, 0.29) is 24.5 Å². The van der Waals surface area contributed by atoms with E-state index in [0.29, 0.717) is 18.5 Å². The first-order valence-corrected chi connectivity index (χ1v) is 13.6. The third-order valence-electron chi connectivity index (χ3n) is 7.14. The van der Waals surface area contributed by atoms with Crippen molar-refractivity contribution in [2.75, 3.05) is 6.54 Å². The van der Waals surface area contributed by atoms with Crippen LogP contribution in [0.15, 0.2) is 54.7 Å². The Labute approximate surface area is 241 Å². The molecule has 13 nitrogen and oxygen atoms in total. The molecule has 13 heteroatoms. The number of nitrogens with one attached hydrogen (secondary N) is 5. The van der Waals surface area contributed by atoms with E-state index in [9.17, 15) is 34.2 Å². The standard InChI is InChI=1S/C29H34N6O7/c30-25(37)14-23(28(40)35-24(29(41)42)12-16-7-9-18(36)10-8-16)34-27(39)22(33-26(38)21-6-3-11-31-21)13-17-15-32-20-5-2-1-4-19(17)20/h1-2,4-5,7-10,15,21-24,31-32,36H,3,6,11-14H2,(H2,30,37)(H,33,38)(H,34,39)(H,35,40)(H,41,42). The van der Waals surface area contributed by atoms with Crippen LogP contribution in [0, 0.1) is 0 Å². The van der Waals surface area contributed by atoms with Crippen LogP contribution in [0.3, 0.4) is 0 Å². The maximum Gasteiger partial charge on any atom is 0.326 e. The number of para-hydroxylation sites is 1. The number of fused-ring (bicyclic) bond motifs is 1. The molecule has 1 fully saturated rings. The lowest BCUT2D eigenvalue weighted by Crippen LogP contribution is -2.58. The van der Waals surface area contributed by atoms with Gasteiger partial charge in [-0.1, -0.05) is 30.3 Å². The van der Waals surface area contributed by atoms with E-state index in [0.717, 1.165) is 22.9 Å². The molecule has 4 atom stereocenters. The van der Waals surface area contributed by atoms with Crippen molar-refractivity contribution in [2.24, 2.45) is 5.73 Å². The quantitative estimate of drug-likeness (QED) is 0.136. The van der Waals surface area contributed by atoms with Gasteiger partial charge >= 0.3 is 5.97 Å². The van der Waals surface area contributed by atoms with Crippen molar-refractivity contribution in [3.05, 3.63) is 65.9 Å². The van der Waals surface area contributed by atoms with Crippen LogP contribution in [0.5, 0.6) is 5.75 Å². The molecule has 1 aromatic heterocycles. The lowest BCUT2D eigenvalue weighted by Gasteiger charge is -2.25.